The van der Waals surface area contributed by atoms with Crippen LogP contribution in [0, 0.1) is 11.8 Å². The van der Waals surface area contributed by atoms with Gasteiger partial charge in [0, 0.05) is 12.2 Å². The number of aldehydes is 1. The lowest BCUT2D eigenvalue weighted by molar-refractivity contribution is -0.107. The molecule has 2 heteroatoms. The van der Waals surface area contributed by atoms with Crippen molar-refractivity contribution in [2.45, 2.75) is 12.8 Å². The number of fused-ring (bicyclic) bond motifs is 1. The van der Waals surface area contributed by atoms with Crippen LogP contribution in [0.1, 0.15) is 12.0 Å². The van der Waals surface area contributed by atoms with Gasteiger partial charge in [-0.05, 0) is 18.1 Å². The molecule has 0 saturated carbocycles. The van der Waals surface area contributed by atoms with Crippen molar-refractivity contribution in [1.29, 1.82) is 0 Å². The molecular formula is C13H13NO. The predicted molar refractivity (Wildman–Crippen MR) is 60.8 cm³/mol. The zero-order chi connectivity index (χ0) is 10.5. The van der Waals surface area contributed by atoms with Crippen molar-refractivity contribution < 1.29 is 4.79 Å². The van der Waals surface area contributed by atoms with Gasteiger partial charge in [0.2, 0.25) is 0 Å². The Morgan fingerprint density at radius 1 is 1.33 bits per heavy atom. The normalized spacial score (nSPS) is 12.9. The van der Waals surface area contributed by atoms with Crippen LogP contribution in [0.25, 0.3) is 0 Å². The number of rotatable bonds is 2. The average molecular weight is 199 g/mol. The highest BCUT2D eigenvalue weighted by molar-refractivity contribution is 5.59. The minimum atomic E-state index is 0.343. The van der Waals surface area contributed by atoms with E-state index in [0.29, 0.717) is 6.42 Å². The van der Waals surface area contributed by atoms with E-state index in [4.69, 9.17) is 0 Å². The lowest BCUT2D eigenvalue weighted by Crippen LogP contribution is -2.20. The zero-order valence-electron chi connectivity index (χ0n) is 8.57. The third-order valence-corrected chi connectivity index (χ3v) is 2.56. The highest BCUT2D eigenvalue weighted by Gasteiger charge is 2.16. The van der Waals surface area contributed by atoms with E-state index in [-0.39, 0.29) is 0 Å². The first-order valence-corrected chi connectivity index (χ1v) is 5.14. The zero-order valence-corrected chi connectivity index (χ0v) is 8.57. The average Bonchev–Trinajstić information content (AvgIpc) is 2.68. The van der Waals surface area contributed by atoms with Crippen LogP contribution >= 0.6 is 0 Å². The second-order valence-electron chi connectivity index (χ2n) is 3.52. The number of nitrogens with zero attached hydrogens (tertiary/aromatic N) is 1. The van der Waals surface area contributed by atoms with Gasteiger partial charge in [-0.3, -0.25) is 0 Å². The molecule has 0 saturated heterocycles. The summed E-state index contributed by atoms with van der Waals surface area (Å²) < 4.78 is 0. The first kappa shape index (κ1) is 9.79. The Kier molecular flexibility index (Phi) is 3.04. The third kappa shape index (κ3) is 2.19. The molecule has 1 aromatic rings. The number of anilines is 1. The molecule has 0 spiro atoms. The van der Waals surface area contributed by atoms with Gasteiger partial charge in [0.05, 0.1) is 13.0 Å². The lowest BCUT2D eigenvalue weighted by Gasteiger charge is -2.15. The van der Waals surface area contributed by atoms with Crippen LogP contribution in [0.5, 0.6) is 0 Å². The summed E-state index contributed by atoms with van der Waals surface area (Å²) in [5.74, 6) is 5.85. The maximum atomic E-state index is 10.1. The van der Waals surface area contributed by atoms with Crippen molar-refractivity contribution in [2.24, 2.45) is 0 Å². The molecule has 0 N–H and O–H groups in total. The summed E-state index contributed by atoms with van der Waals surface area (Å²) in [6, 6.07) is 8.41. The van der Waals surface area contributed by atoms with Crippen molar-refractivity contribution >= 4 is 12.0 Å². The number of carbonyl (C=O) groups excluding carboxylic acids is 1. The largest absolute Gasteiger partial charge is 0.360 e. The molecule has 0 unspecified atom stereocenters. The second kappa shape index (κ2) is 4.65. The Balaban J connectivity index is 2.02. The first-order valence-electron chi connectivity index (χ1n) is 5.14. The van der Waals surface area contributed by atoms with Crippen molar-refractivity contribution in [2.75, 3.05) is 18.0 Å². The maximum absolute atomic E-state index is 10.1. The Hall–Kier alpha value is -1.75. The van der Waals surface area contributed by atoms with Gasteiger partial charge >= 0.3 is 0 Å². The number of hydrogen-bond acceptors (Lipinski definition) is 2. The summed E-state index contributed by atoms with van der Waals surface area (Å²) in [6.45, 7) is 1.76. The molecule has 1 aromatic carbocycles. The van der Waals surface area contributed by atoms with E-state index in [9.17, 15) is 4.79 Å². The molecule has 1 aliphatic rings. The number of benzene rings is 1. The summed E-state index contributed by atoms with van der Waals surface area (Å²) in [5, 5.41) is 0. The Morgan fingerprint density at radius 2 is 2.20 bits per heavy atom. The van der Waals surface area contributed by atoms with Gasteiger partial charge in [-0.25, -0.2) is 0 Å². The molecule has 1 heterocycles. The summed E-state index contributed by atoms with van der Waals surface area (Å²) in [4.78, 5) is 12.3. The fourth-order valence-electron chi connectivity index (χ4n) is 1.84. The molecule has 15 heavy (non-hydrogen) atoms. The van der Waals surface area contributed by atoms with E-state index < -0.39 is 0 Å². The maximum Gasteiger partial charge on any atom is 0.131 e. The molecule has 0 atom stereocenters. The standard InChI is InChI=1S/C13H13NO/c15-11-5-1-4-9-14-10-8-12-6-2-3-7-13(12)14/h2-3,6-7,11H,5,8-10H2. The number of para-hydroxylation sites is 1. The quantitative estimate of drug-likeness (QED) is 0.533. The molecule has 2 nitrogen and oxygen atoms in total. The minimum Gasteiger partial charge on any atom is -0.360 e. The van der Waals surface area contributed by atoms with Crippen molar-refractivity contribution in [3.05, 3.63) is 29.8 Å². The first-order chi connectivity index (χ1) is 7.42. The molecule has 2 rings (SSSR count). The van der Waals surface area contributed by atoms with Gasteiger partial charge in [-0.15, -0.1) is 0 Å². The smallest absolute Gasteiger partial charge is 0.131 e. The SMILES string of the molecule is O=CCC#CCN1CCc2ccccc21. The molecule has 1 aliphatic heterocycles. The second-order valence-corrected chi connectivity index (χ2v) is 3.52. The van der Waals surface area contributed by atoms with Crippen LogP contribution in [0.4, 0.5) is 5.69 Å². The van der Waals surface area contributed by atoms with Gasteiger partial charge in [0.25, 0.3) is 0 Å². The van der Waals surface area contributed by atoms with Gasteiger partial charge in [0.15, 0.2) is 0 Å². The fraction of sp³-hybridized carbons (Fsp3) is 0.308. The van der Waals surface area contributed by atoms with E-state index in [1.807, 2.05) is 0 Å². The van der Waals surface area contributed by atoms with Gasteiger partial charge < -0.3 is 9.69 Å². The van der Waals surface area contributed by atoms with E-state index in [1.54, 1.807) is 0 Å². The topological polar surface area (TPSA) is 20.3 Å². The molecule has 0 aromatic heterocycles. The van der Waals surface area contributed by atoms with Gasteiger partial charge in [0.1, 0.15) is 6.29 Å². The third-order valence-electron chi connectivity index (χ3n) is 2.56. The molecular weight excluding hydrogens is 186 g/mol. The van der Waals surface area contributed by atoms with Gasteiger partial charge in [-0.1, -0.05) is 30.0 Å². The molecule has 0 aliphatic carbocycles. The van der Waals surface area contributed by atoms with Crippen LogP contribution in [0.3, 0.4) is 0 Å². The van der Waals surface area contributed by atoms with Crippen LogP contribution in [0.2, 0.25) is 0 Å². The van der Waals surface area contributed by atoms with E-state index in [1.165, 1.54) is 11.3 Å². The summed E-state index contributed by atoms with van der Waals surface area (Å²) in [7, 11) is 0. The summed E-state index contributed by atoms with van der Waals surface area (Å²) >= 11 is 0. The van der Waals surface area contributed by atoms with Crippen molar-refractivity contribution in [3.63, 3.8) is 0 Å². The highest BCUT2D eigenvalue weighted by atomic mass is 16.1. The number of carbonyl (C=O) groups is 1. The molecule has 0 radical (unpaired) electrons. The number of hydrogen-bond donors (Lipinski definition) is 0. The minimum absolute atomic E-state index is 0.343. The fourth-order valence-corrected chi connectivity index (χ4v) is 1.84. The summed E-state index contributed by atoms with van der Waals surface area (Å²) in [5.41, 5.74) is 2.69. The Bertz CT molecular complexity index is 414. The predicted octanol–water partition coefficient (Wildman–Crippen LogP) is 1.64. The van der Waals surface area contributed by atoms with Crippen LogP contribution in [-0.2, 0) is 11.2 Å². The van der Waals surface area contributed by atoms with Crippen molar-refractivity contribution in [3.8, 4) is 11.8 Å². The molecule has 0 fully saturated rings. The van der Waals surface area contributed by atoms with E-state index >= 15 is 0 Å². The molecule has 76 valence electrons. The highest BCUT2D eigenvalue weighted by Crippen LogP contribution is 2.26. The van der Waals surface area contributed by atoms with Crippen LogP contribution < -0.4 is 4.90 Å². The lowest BCUT2D eigenvalue weighted by atomic mass is 10.2. The Morgan fingerprint density at radius 3 is 3.07 bits per heavy atom. The van der Waals surface area contributed by atoms with Crippen LogP contribution in [0.15, 0.2) is 24.3 Å². The molecule has 0 bridgehead atoms. The monoisotopic (exact) mass is 199 g/mol. The van der Waals surface area contributed by atoms with E-state index in [2.05, 4.69) is 41.0 Å². The Labute approximate surface area is 89.9 Å². The molecule has 0 amide bonds. The van der Waals surface area contributed by atoms with Crippen LogP contribution in [-0.4, -0.2) is 19.4 Å². The van der Waals surface area contributed by atoms with Crippen molar-refractivity contribution in [1.82, 2.24) is 0 Å². The van der Waals surface area contributed by atoms with Gasteiger partial charge in [-0.2, -0.15) is 0 Å². The summed E-state index contributed by atoms with van der Waals surface area (Å²) in [6.07, 6.45) is 2.28. The van der Waals surface area contributed by atoms with E-state index in [0.717, 1.165) is 25.8 Å².